The number of hydrogen-bond donors (Lipinski definition) is 3. The number of carboxylic acid groups (broad SMARTS) is 1. The van der Waals surface area contributed by atoms with Crippen molar-refractivity contribution in [1.29, 1.82) is 0 Å². The van der Waals surface area contributed by atoms with Crippen LogP contribution in [0.1, 0.15) is 86.5 Å². The Morgan fingerprint density at radius 1 is 0.884 bits per heavy atom. The summed E-state index contributed by atoms with van der Waals surface area (Å²) in [6, 6.07) is 16.6. The lowest BCUT2D eigenvalue weighted by molar-refractivity contribution is -0.276. The normalized spacial score (nSPS) is 26.5. The number of nitrogens with one attached hydrogen (secondary N) is 1. The minimum Gasteiger partial charge on any atom is -0.481 e. The number of hydrogen-bond acceptors (Lipinski definition) is 7. The van der Waals surface area contributed by atoms with Crippen molar-refractivity contribution < 1.29 is 29.3 Å². The highest BCUT2D eigenvalue weighted by Gasteiger charge is 2.40. The van der Waals surface area contributed by atoms with E-state index in [2.05, 4.69) is 34.2 Å². The van der Waals surface area contributed by atoms with Gasteiger partial charge in [-0.25, -0.2) is 0 Å². The maximum absolute atomic E-state index is 12.1. The fraction of sp³-hybridized carbons (Fsp3) is 0.588. The summed E-state index contributed by atoms with van der Waals surface area (Å²) in [5.41, 5.74) is 3.85. The molecule has 2 aromatic carbocycles. The molecule has 0 unspecified atom stereocenters. The lowest BCUT2D eigenvalue weighted by atomic mass is 9.90. The molecule has 0 radical (unpaired) electrons. The number of aliphatic carboxylic acids is 1. The van der Waals surface area contributed by atoms with Crippen molar-refractivity contribution in [3.8, 4) is 0 Å². The van der Waals surface area contributed by atoms with Gasteiger partial charge in [0.1, 0.15) is 0 Å². The Labute approximate surface area is 255 Å². The Balaban J connectivity index is 1.26. The van der Waals surface area contributed by atoms with Gasteiger partial charge in [-0.2, -0.15) is 0 Å². The molecule has 43 heavy (non-hydrogen) atoms. The van der Waals surface area contributed by atoms with Crippen LogP contribution in [-0.2, 0) is 32.2 Å². The largest absolute Gasteiger partial charge is 0.481 e. The first-order valence-corrected chi connectivity index (χ1v) is 15.9. The number of rotatable bonds is 13. The minimum absolute atomic E-state index is 0.00739. The second-order valence-electron chi connectivity index (χ2n) is 12.4. The molecule has 9 heteroatoms. The Bertz CT molecular complexity index is 1180. The molecule has 3 N–H and O–H groups in total. The third-order valence-corrected chi connectivity index (χ3v) is 9.24. The van der Waals surface area contributed by atoms with Crippen LogP contribution in [0.2, 0.25) is 0 Å². The second kappa shape index (κ2) is 15.3. The smallest absolute Gasteiger partial charge is 0.303 e. The zero-order valence-corrected chi connectivity index (χ0v) is 25.3. The van der Waals surface area contributed by atoms with E-state index < -0.39 is 12.3 Å². The first-order chi connectivity index (χ1) is 20.9. The molecule has 0 aliphatic carbocycles. The number of aliphatic hydroxyl groups is 1. The number of amides is 1. The highest BCUT2D eigenvalue weighted by atomic mass is 16.7. The number of carboxylic acids is 1. The van der Waals surface area contributed by atoms with E-state index in [1.54, 1.807) is 0 Å². The predicted octanol–water partition coefficient (Wildman–Crippen LogP) is 4.40. The highest BCUT2D eigenvalue weighted by molar-refractivity contribution is 5.76. The van der Waals surface area contributed by atoms with E-state index in [1.165, 1.54) is 38.8 Å². The molecule has 5 rings (SSSR count). The molecule has 3 aliphatic heterocycles. The Morgan fingerprint density at radius 2 is 1.58 bits per heavy atom. The molecule has 3 saturated heterocycles. The summed E-state index contributed by atoms with van der Waals surface area (Å²) < 4.78 is 13.4. The number of aliphatic hydroxyl groups excluding tert-OH is 1. The van der Waals surface area contributed by atoms with Crippen LogP contribution < -0.4 is 5.32 Å². The predicted molar refractivity (Wildman–Crippen MR) is 163 cm³/mol. The molecule has 9 nitrogen and oxygen atoms in total. The van der Waals surface area contributed by atoms with Crippen molar-refractivity contribution in [2.75, 3.05) is 32.7 Å². The summed E-state index contributed by atoms with van der Waals surface area (Å²) in [5.74, 6) is -0.903. The molecule has 0 spiro atoms. The summed E-state index contributed by atoms with van der Waals surface area (Å²) in [7, 11) is 0. The van der Waals surface area contributed by atoms with Crippen LogP contribution in [0.3, 0.4) is 0 Å². The Morgan fingerprint density at radius 3 is 2.28 bits per heavy atom. The molecule has 0 aromatic heterocycles. The van der Waals surface area contributed by atoms with Crippen molar-refractivity contribution in [3.05, 3.63) is 70.8 Å². The van der Waals surface area contributed by atoms with Crippen molar-refractivity contribution in [2.45, 2.75) is 89.6 Å². The average molecular weight is 594 g/mol. The van der Waals surface area contributed by atoms with Crippen molar-refractivity contribution in [1.82, 2.24) is 15.1 Å². The van der Waals surface area contributed by atoms with Gasteiger partial charge in [0.2, 0.25) is 5.91 Å². The summed E-state index contributed by atoms with van der Waals surface area (Å²) in [6.45, 7) is 8.16. The number of ether oxygens (including phenoxy) is 2. The lowest BCUT2D eigenvalue weighted by Crippen LogP contribution is -2.48. The standard InChI is InChI=1S/C34H47N3O6/c1-24-30(22-37-19-5-6-29(37)21-36-17-2-3-18-36)42-34(43-33(24)27-13-11-26(23-38)12-14-27)28-15-9-25(10-16-28)20-35-31(39)7-4-8-32(40)41/h9-16,24,29-30,33-34,38H,2-8,17-23H2,1H3,(H,35,39)(H,40,41)/t24-,29+,30+,33+,34+/m1/s1. The van der Waals surface area contributed by atoms with Crippen LogP contribution in [0.4, 0.5) is 0 Å². The Hall–Kier alpha value is -2.82. The fourth-order valence-electron chi connectivity index (χ4n) is 6.65. The number of benzene rings is 2. The molecule has 0 bridgehead atoms. The minimum atomic E-state index is -0.890. The van der Waals surface area contributed by atoms with Crippen LogP contribution in [0.25, 0.3) is 0 Å². The van der Waals surface area contributed by atoms with Gasteiger partial charge in [-0.3, -0.25) is 14.5 Å². The average Bonchev–Trinajstić information content (AvgIpc) is 3.70. The molecule has 3 fully saturated rings. The number of carbonyl (C=O) groups is 2. The number of likely N-dealkylation sites (tertiary alicyclic amines) is 2. The van der Waals surface area contributed by atoms with Crippen molar-refractivity contribution in [3.63, 3.8) is 0 Å². The van der Waals surface area contributed by atoms with Gasteiger partial charge in [0, 0.05) is 50.0 Å². The molecule has 5 atom stereocenters. The summed E-state index contributed by atoms with van der Waals surface area (Å²) in [6.07, 6.45) is 4.92. The summed E-state index contributed by atoms with van der Waals surface area (Å²) in [4.78, 5) is 28.0. The van der Waals surface area contributed by atoms with E-state index in [-0.39, 0.29) is 43.5 Å². The SMILES string of the molecule is C[C@@H]1[C@H](CN2CCC[C@H]2CN2CCCC2)O[C@H](c2ccc(CNC(=O)CCCC(=O)O)cc2)O[C@@H]1c1ccc(CO)cc1. The maximum atomic E-state index is 12.1. The van der Waals surface area contributed by atoms with Crippen LogP contribution in [-0.4, -0.2) is 76.8 Å². The van der Waals surface area contributed by atoms with E-state index in [4.69, 9.17) is 14.6 Å². The second-order valence-corrected chi connectivity index (χ2v) is 12.4. The first kappa shape index (κ1) is 31.6. The van der Waals surface area contributed by atoms with Gasteiger partial charge >= 0.3 is 5.97 Å². The molecule has 3 aliphatic rings. The molecular formula is C34H47N3O6. The monoisotopic (exact) mass is 593 g/mol. The van der Waals surface area contributed by atoms with Gasteiger partial charge in [0.15, 0.2) is 6.29 Å². The molecule has 1 amide bonds. The first-order valence-electron chi connectivity index (χ1n) is 15.9. The number of carbonyl (C=O) groups excluding carboxylic acids is 1. The van der Waals surface area contributed by atoms with Crippen LogP contribution in [0.5, 0.6) is 0 Å². The van der Waals surface area contributed by atoms with E-state index >= 15 is 0 Å². The van der Waals surface area contributed by atoms with Gasteiger partial charge in [0.05, 0.1) is 18.8 Å². The lowest BCUT2D eigenvalue weighted by Gasteiger charge is -2.43. The molecular weight excluding hydrogens is 546 g/mol. The van der Waals surface area contributed by atoms with Gasteiger partial charge in [-0.1, -0.05) is 55.5 Å². The van der Waals surface area contributed by atoms with Gasteiger partial charge in [-0.15, -0.1) is 0 Å². The molecule has 234 valence electrons. The third kappa shape index (κ3) is 8.64. The zero-order chi connectivity index (χ0) is 30.2. The zero-order valence-electron chi connectivity index (χ0n) is 25.3. The van der Waals surface area contributed by atoms with E-state index in [0.29, 0.717) is 19.0 Å². The Kier molecular flexibility index (Phi) is 11.2. The summed E-state index contributed by atoms with van der Waals surface area (Å²) in [5, 5.41) is 21.2. The quantitative estimate of drug-likeness (QED) is 0.314. The molecule has 0 saturated carbocycles. The van der Waals surface area contributed by atoms with Crippen molar-refractivity contribution in [2.24, 2.45) is 5.92 Å². The van der Waals surface area contributed by atoms with Crippen LogP contribution in [0.15, 0.2) is 48.5 Å². The summed E-state index contributed by atoms with van der Waals surface area (Å²) >= 11 is 0. The highest BCUT2D eigenvalue weighted by Crippen LogP contribution is 2.42. The van der Waals surface area contributed by atoms with Gasteiger partial charge in [-0.05, 0) is 68.4 Å². The van der Waals surface area contributed by atoms with Crippen LogP contribution in [0, 0.1) is 5.92 Å². The van der Waals surface area contributed by atoms with E-state index in [9.17, 15) is 14.7 Å². The van der Waals surface area contributed by atoms with Gasteiger partial charge < -0.3 is 29.9 Å². The molecule has 2 aromatic rings. The maximum Gasteiger partial charge on any atom is 0.303 e. The van der Waals surface area contributed by atoms with Crippen molar-refractivity contribution >= 4 is 11.9 Å². The van der Waals surface area contributed by atoms with Gasteiger partial charge in [0.25, 0.3) is 0 Å². The van der Waals surface area contributed by atoms with Crippen LogP contribution >= 0.6 is 0 Å². The fourth-order valence-corrected chi connectivity index (χ4v) is 6.65. The topological polar surface area (TPSA) is 112 Å². The van der Waals surface area contributed by atoms with E-state index in [0.717, 1.165) is 41.9 Å². The number of nitrogens with zero attached hydrogens (tertiary/aromatic N) is 2. The van der Waals surface area contributed by atoms with E-state index in [1.807, 2.05) is 36.4 Å². The third-order valence-electron chi connectivity index (χ3n) is 9.24. The molecule has 3 heterocycles.